The van der Waals surface area contributed by atoms with Crippen LogP contribution < -0.4 is 0 Å². The van der Waals surface area contributed by atoms with Gasteiger partial charge in [-0.1, -0.05) is 25.1 Å². The number of rotatable bonds is 5. The van der Waals surface area contributed by atoms with Crippen LogP contribution in [0.15, 0.2) is 36.5 Å². The number of esters is 1. The minimum absolute atomic E-state index is 0.163. The largest absolute Gasteiger partial charge is 0.462 e. The maximum Gasteiger partial charge on any atom is 0.377 e. The molecule has 0 spiro atoms. The van der Waals surface area contributed by atoms with E-state index in [0.717, 1.165) is 24.1 Å². The fraction of sp³-hybridized carbons (Fsp3) is 0.312. The first-order chi connectivity index (χ1) is 10.8. The number of alkyl halides is 2. The standard InChI is InChI=1S/C16H15F2NO4/c1-3-23-15(22)16(17,18)10(2)8-9-19-13(20)11-6-4-5-7-12(11)14(19)21/h4-10H,3H2,1-2H3/b9-8+. The van der Waals surface area contributed by atoms with Crippen molar-refractivity contribution in [2.45, 2.75) is 19.8 Å². The predicted molar refractivity (Wildman–Crippen MR) is 76.8 cm³/mol. The number of allylic oxidation sites excluding steroid dienone is 1. The molecule has 1 heterocycles. The normalized spacial score (nSPS) is 15.9. The lowest BCUT2D eigenvalue weighted by molar-refractivity contribution is -0.176. The maximum absolute atomic E-state index is 13.8. The molecule has 0 saturated carbocycles. The highest BCUT2D eigenvalue weighted by molar-refractivity contribution is 6.22. The van der Waals surface area contributed by atoms with E-state index in [2.05, 4.69) is 4.74 Å². The van der Waals surface area contributed by atoms with Gasteiger partial charge in [0, 0.05) is 6.20 Å². The molecule has 7 heteroatoms. The van der Waals surface area contributed by atoms with E-state index in [1.54, 1.807) is 12.1 Å². The average Bonchev–Trinajstić information content (AvgIpc) is 2.77. The second kappa shape index (κ2) is 6.28. The monoisotopic (exact) mass is 323 g/mol. The first-order valence-electron chi connectivity index (χ1n) is 7.01. The molecule has 1 aromatic carbocycles. The van der Waals surface area contributed by atoms with E-state index in [0.29, 0.717) is 0 Å². The number of amides is 2. The molecule has 122 valence electrons. The molecule has 2 rings (SSSR count). The summed E-state index contributed by atoms with van der Waals surface area (Å²) in [6.45, 7) is 2.36. The summed E-state index contributed by atoms with van der Waals surface area (Å²) in [5, 5.41) is 0. The van der Waals surface area contributed by atoms with Gasteiger partial charge in [-0.05, 0) is 19.1 Å². The summed E-state index contributed by atoms with van der Waals surface area (Å²) in [5.41, 5.74) is 0.430. The third-order valence-corrected chi connectivity index (χ3v) is 3.47. The van der Waals surface area contributed by atoms with Crippen LogP contribution in [-0.2, 0) is 9.53 Å². The zero-order valence-corrected chi connectivity index (χ0v) is 12.6. The zero-order chi connectivity index (χ0) is 17.2. The molecule has 1 aromatic rings. The van der Waals surface area contributed by atoms with E-state index in [-0.39, 0.29) is 17.7 Å². The summed E-state index contributed by atoms with van der Waals surface area (Å²) in [7, 11) is 0. The SMILES string of the molecule is CCOC(=O)C(F)(F)C(C)/C=C/N1C(=O)c2ccccc2C1=O. The summed E-state index contributed by atoms with van der Waals surface area (Å²) in [6.07, 6.45) is 1.92. The molecule has 23 heavy (non-hydrogen) atoms. The average molecular weight is 323 g/mol. The van der Waals surface area contributed by atoms with Crippen molar-refractivity contribution in [2.75, 3.05) is 6.61 Å². The Morgan fingerprint density at radius 3 is 2.26 bits per heavy atom. The summed E-state index contributed by atoms with van der Waals surface area (Å²) in [4.78, 5) is 36.2. The lowest BCUT2D eigenvalue weighted by atomic mass is 10.0. The number of nitrogens with zero attached hydrogens (tertiary/aromatic N) is 1. The van der Waals surface area contributed by atoms with Crippen LogP contribution in [-0.4, -0.2) is 35.2 Å². The van der Waals surface area contributed by atoms with Gasteiger partial charge in [0.1, 0.15) is 0 Å². The van der Waals surface area contributed by atoms with Gasteiger partial charge in [-0.25, -0.2) is 9.69 Å². The predicted octanol–water partition coefficient (Wildman–Crippen LogP) is 2.63. The molecule has 0 radical (unpaired) electrons. The van der Waals surface area contributed by atoms with Crippen LogP contribution in [0, 0.1) is 5.92 Å². The minimum atomic E-state index is -3.74. The van der Waals surface area contributed by atoms with Crippen molar-refractivity contribution in [3.05, 3.63) is 47.7 Å². The third-order valence-electron chi connectivity index (χ3n) is 3.47. The highest BCUT2D eigenvalue weighted by Gasteiger charge is 2.45. The van der Waals surface area contributed by atoms with E-state index in [1.807, 2.05) is 0 Å². The first-order valence-corrected chi connectivity index (χ1v) is 7.01. The molecule has 1 aliphatic rings. The number of ether oxygens (including phenoxy) is 1. The van der Waals surface area contributed by atoms with E-state index in [4.69, 9.17) is 0 Å². The van der Waals surface area contributed by atoms with Crippen LogP contribution >= 0.6 is 0 Å². The Morgan fingerprint density at radius 1 is 1.26 bits per heavy atom. The lowest BCUT2D eigenvalue weighted by Crippen LogP contribution is -2.37. The van der Waals surface area contributed by atoms with Crippen LogP contribution in [0.4, 0.5) is 8.78 Å². The highest BCUT2D eigenvalue weighted by Crippen LogP contribution is 2.28. The second-order valence-electron chi connectivity index (χ2n) is 5.00. The molecule has 0 aliphatic carbocycles. The topological polar surface area (TPSA) is 63.7 Å². The molecule has 0 bridgehead atoms. The minimum Gasteiger partial charge on any atom is -0.462 e. The number of benzene rings is 1. The number of fused-ring (bicyclic) bond motifs is 1. The molecule has 0 aromatic heterocycles. The van der Waals surface area contributed by atoms with Crippen LogP contribution in [0.5, 0.6) is 0 Å². The Labute approximate surface area is 131 Å². The van der Waals surface area contributed by atoms with E-state index < -0.39 is 29.6 Å². The van der Waals surface area contributed by atoms with Crippen molar-refractivity contribution in [3.8, 4) is 0 Å². The molecule has 0 fully saturated rings. The van der Waals surface area contributed by atoms with Gasteiger partial charge in [0.05, 0.1) is 23.7 Å². The highest BCUT2D eigenvalue weighted by atomic mass is 19.3. The molecule has 1 unspecified atom stereocenters. The van der Waals surface area contributed by atoms with Gasteiger partial charge in [0.25, 0.3) is 11.8 Å². The van der Waals surface area contributed by atoms with E-state index in [9.17, 15) is 23.2 Å². The number of carbonyl (C=O) groups excluding carboxylic acids is 3. The molecule has 0 N–H and O–H groups in total. The quantitative estimate of drug-likeness (QED) is 0.617. The van der Waals surface area contributed by atoms with Crippen molar-refractivity contribution in [1.82, 2.24) is 4.90 Å². The molecular weight excluding hydrogens is 308 g/mol. The van der Waals surface area contributed by atoms with Crippen LogP contribution in [0.2, 0.25) is 0 Å². The number of imide groups is 1. The number of carbonyl (C=O) groups is 3. The first kappa shape index (κ1) is 16.8. The van der Waals surface area contributed by atoms with Gasteiger partial charge in [-0.2, -0.15) is 8.78 Å². The molecule has 1 atom stereocenters. The smallest absolute Gasteiger partial charge is 0.377 e. The van der Waals surface area contributed by atoms with Crippen LogP contribution in [0.3, 0.4) is 0 Å². The number of hydrogen-bond acceptors (Lipinski definition) is 4. The van der Waals surface area contributed by atoms with Crippen molar-refractivity contribution >= 4 is 17.8 Å². The van der Waals surface area contributed by atoms with Crippen molar-refractivity contribution < 1.29 is 27.9 Å². The van der Waals surface area contributed by atoms with Crippen molar-refractivity contribution in [2.24, 2.45) is 5.92 Å². The summed E-state index contributed by atoms with van der Waals surface area (Å²) in [6, 6.07) is 6.18. The summed E-state index contributed by atoms with van der Waals surface area (Å²) >= 11 is 0. The van der Waals surface area contributed by atoms with E-state index in [1.165, 1.54) is 19.1 Å². The third kappa shape index (κ3) is 2.99. The molecule has 0 saturated heterocycles. The summed E-state index contributed by atoms with van der Waals surface area (Å²) in [5.74, 6) is -8.10. The fourth-order valence-corrected chi connectivity index (χ4v) is 2.09. The Hall–Kier alpha value is -2.57. The van der Waals surface area contributed by atoms with E-state index >= 15 is 0 Å². The van der Waals surface area contributed by atoms with Gasteiger partial charge in [0.15, 0.2) is 0 Å². The maximum atomic E-state index is 13.8. The Balaban J connectivity index is 2.17. The van der Waals surface area contributed by atoms with Crippen molar-refractivity contribution in [1.29, 1.82) is 0 Å². The zero-order valence-electron chi connectivity index (χ0n) is 12.6. The Kier molecular flexibility index (Phi) is 4.58. The van der Waals surface area contributed by atoms with Gasteiger partial charge in [-0.15, -0.1) is 0 Å². The van der Waals surface area contributed by atoms with Crippen LogP contribution in [0.1, 0.15) is 34.6 Å². The van der Waals surface area contributed by atoms with Crippen molar-refractivity contribution in [3.63, 3.8) is 0 Å². The van der Waals surface area contributed by atoms with Gasteiger partial charge < -0.3 is 4.74 Å². The molecule has 5 nitrogen and oxygen atoms in total. The molecular formula is C16H15F2NO4. The number of halogens is 2. The lowest BCUT2D eigenvalue weighted by Gasteiger charge is -2.19. The second-order valence-corrected chi connectivity index (χ2v) is 5.00. The molecule has 2 amide bonds. The van der Waals surface area contributed by atoms with Gasteiger partial charge in [0.2, 0.25) is 0 Å². The fourth-order valence-electron chi connectivity index (χ4n) is 2.09. The van der Waals surface area contributed by atoms with Gasteiger partial charge in [-0.3, -0.25) is 9.59 Å². The van der Waals surface area contributed by atoms with Gasteiger partial charge >= 0.3 is 11.9 Å². The molecule has 1 aliphatic heterocycles. The van der Waals surface area contributed by atoms with Crippen LogP contribution in [0.25, 0.3) is 0 Å². The summed E-state index contributed by atoms with van der Waals surface area (Å²) < 4.78 is 32.0. The Morgan fingerprint density at radius 2 is 1.78 bits per heavy atom. The Bertz CT molecular complexity index is 649. The number of hydrogen-bond donors (Lipinski definition) is 0.